The molecule has 96 valence electrons. The van der Waals surface area contributed by atoms with Gasteiger partial charge >= 0.3 is 5.97 Å². The summed E-state index contributed by atoms with van der Waals surface area (Å²) in [5.41, 5.74) is 1.66. The van der Waals surface area contributed by atoms with Gasteiger partial charge in [-0.25, -0.2) is 0 Å². The topological polar surface area (TPSA) is 62.1 Å². The maximum atomic E-state index is 11.5. The van der Waals surface area contributed by atoms with Crippen molar-refractivity contribution in [2.24, 2.45) is 5.92 Å². The zero-order valence-corrected chi connectivity index (χ0v) is 10.9. The standard InChI is InChI=1S/C14H18N2O2/c1-10(2)13(14(17)18-3)16-9-12-6-4-11(8-15)5-7-12/h4-7,10,13,16H,9H2,1-3H3/t13-/m1/s1. The summed E-state index contributed by atoms with van der Waals surface area (Å²) in [4.78, 5) is 11.5. The maximum absolute atomic E-state index is 11.5. The lowest BCUT2D eigenvalue weighted by Gasteiger charge is -2.19. The molecule has 0 bridgehead atoms. The van der Waals surface area contributed by atoms with Crippen LogP contribution < -0.4 is 5.32 Å². The molecule has 0 aliphatic heterocycles. The number of nitriles is 1. The first-order chi connectivity index (χ1) is 8.58. The molecule has 0 aromatic heterocycles. The minimum atomic E-state index is -0.314. The van der Waals surface area contributed by atoms with Crippen molar-refractivity contribution in [2.75, 3.05) is 7.11 Å². The fourth-order valence-electron chi connectivity index (χ4n) is 1.64. The molecule has 0 aliphatic rings. The summed E-state index contributed by atoms with van der Waals surface area (Å²) in [6.07, 6.45) is 0. The molecule has 0 saturated carbocycles. The Morgan fingerprint density at radius 1 is 1.39 bits per heavy atom. The number of rotatable bonds is 5. The van der Waals surface area contributed by atoms with Crippen LogP contribution in [0, 0.1) is 17.2 Å². The van der Waals surface area contributed by atoms with Crippen LogP contribution in [-0.4, -0.2) is 19.1 Å². The number of benzene rings is 1. The minimum absolute atomic E-state index is 0.163. The van der Waals surface area contributed by atoms with Gasteiger partial charge < -0.3 is 10.1 Å². The molecule has 0 unspecified atom stereocenters. The highest BCUT2D eigenvalue weighted by Crippen LogP contribution is 2.07. The van der Waals surface area contributed by atoms with Crippen molar-refractivity contribution in [2.45, 2.75) is 26.4 Å². The zero-order valence-electron chi connectivity index (χ0n) is 10.9. The molecule has 1 N–H and O–H groups in total. The Hall–Kier alpha value is -1.86. The van der Waals surface area contributed by atoms with E-state index in [-0.39, 0.29) is 17.9 Å². The summed E-state index contributed by atoms with van der Waals surface area (Å²) in [7, 11) is 1.39. The van der Waals surface area contributed by atoms with Crippen LogP contribution in [0.5, 0.6) is 0 Å². The van der Waals surface area contributed by atoms with E-state index in [9.17, 15) is 4.79 Å². The zero-order chi connectivity index (χ0) is 13.5. The van der Waals surface area contributed by atoms with E-state index in [0.29, 0.717) is 12.1 Å². The fourth-order valence-corrected chi connectivity index (χ4v) is 1.64. The normalized spacial score (nSPS) is 11.9. The number of hydrogen-bond acceptors (Lipinski definition) is 4. The van der Waals surface area contributed by atoms with E-state index < -0.39 is 0 Å². The Kier molecular flexibility index (Phi) is 5.34. The number of methoxy groups -OCH3 is 1. The van der Waals surface area contributed by atoms with Gasteiger partial charge in [-0.1, -0.05) is 26.0 Å². The van der Waals surface area contributed by atoms with Crippen LogP contribution in [0.4, 0.5) is 0 Å². The van der Waals surface area contributed by atoms with E-state index in [2.05, 4.69) is 11.4 Å². The smallest absolute Gasteiger partial charge is 0.323 e. The number of carbonyl (C=O) groups excluding carboxylic acids is 1. The SMILES string of the molecule is COC(=O)[C@H](NCc1ccc(C#N)cc1)C(C)C. The summed E-state index contributed by atoms with van der Waals surface area (Å²) >= 11 is 0. The van der Waals surface area contributed by atoms with Crippen molar-refractivity contribution >= 4 is 5.97 Å². The van der Waals surface area contributed by atoms with Crippen molar-refractivity contribution in [3.05, 3.63) is 35.4 Å². The van der Waals surface area contributed by atoms with E-state index in [1.807, 2.05) is 26.0 Å². The molecule has 1 atom stereocenters. The molecule has 1 rings (SSSR count). The van der Waals surface area contributed by atoms with Crippen molar-refractivity contribution in [3.63, 3.8) is 0 Å². The van der Waals surface area contributed by atoms with E-state index in [0.717, 1.165) is 5.56 Å². The van der Waals surface area contributed by atoms with E-state index in [4.69, 9.17) is 10.00 Å². The summed E-state index contributed by atoms with van der Waals surface area (Å²) in [5, 5.41) is 11.9. The number of ether oxygens (including phenoxy) is 1. The second-order valence-electron chi connectivity index (χ2n) is 4.43. The van der Waals surface area contributed by atoms with Crippen molar-refractivity contribution in [3.8, 4) is 6.07 Å². The van der Waals surface area contributed by atoms with Crippen LogP contribution in [0.15, 0.2) is 24.3 Å². The van der Waals surface area contributed by atoms with Crippen molar-refractivity contribution < 1.29 is 9.53 Å². The predicted octanol–water partition coefficient (Wildman–Crippen LogP) is 1.85. The molecule has 0 amide bonds. The molecule has 1 aromatic carbocycles. The van der Waals surface area contributed by atoms with Crippen LogP contribution in [0.1, 0.15) is 25.0 Å². The van der Waals surface area contributed by atoms with Gasteiger partial charge in [0.1, 0.15) is 6.04 Å². The third kappa shape index (κ3) is 3.86. The summed E-state index contributed by atoms with van der Waals surface area (Å²) < 4.78 is 4.75. The first kappa shape index (κ1) is 14.2. The molecular formula is C14H18N2O2. The molecule has 0 heterocycles. The molecule has 0 radical (unpaired) electrons. The highest BCUT2D eigenvalue weighted by Gasteiger charge is 2.21. The Morgan fingerprint density at radius 2 is 2.00 bits per heavy atom. The number of hydrogen-bond donors (Lipinski definition) is 1. The average Bonchev–Trinajstić information content (AvgIpc) is 2.39. The van der Waals surface area contributed by atoms with Gasteiger partial charge in [-0.2, -0.15) is 5.26 Å². The molecule has 4 nitrogen and oxygen atoms in total. The second-order valence-corrected chi connectivity index (χ2v) is 4.43. The Balaban J connectivity index is 2.61. The Morgan fingerprint density at radius 3 is 2.44 bits per heavy atom. The van der Waals surface area contributed by atoms with Gasteiger partial charge in [0.25, 0.3) is 0 Å². The summed E-state index contributed by atoms with van der Waals surface area (Å²) in [6.45, 7) is 4.50. The van der Waals surface area contributed by atoms with E-state index >= 15 is 0 Å². The first-order valence-corrected chi connectivity index (χ1v) is 5.88. The van der Waals surface area contributed by atoms with Gasteiger partial charge in [0.15, 0.2) is 0 Å². The number of esters is 1. The third-order valence-corrected chi connectivity index (χ3v) is 2.73. The fraction of sp³-hybridized carbons (Fsp3) is 0.429. The highest BCUT2D eigenvalue weighted by molar-refractivity contribution is 5.75. The molecule has 4 heteroatoms. The van der Waals surface area contributed by atoms with E-state index in [1.54, 1.807) is 12.1 Å². The maximum Gasteiger partial charge on any atom is 0.323 e. The lowest BCUT2D eigenvalue weighted by molar-refractivity contribution is -0.144. The van der Waals surface area contributed by atoms with Gasteiger partial charge in [-0.3, -0.25) is 4.79 Å². The average molecular weight is 246 g/mol. The van der Waals surface area contributed by atoms with Crippen molar-refractivity contribution in [1.82, 2.24) is 5.32 Å². The van der Waals surface area contributed by atoms with Gasteiger partial charge in [-0.15, -0.1) is 0 Å². The van der Waals surface area contributed by atoms with Crippen LogP contribution in [0.3, 0.4) is 0 Å². The first-order valence-electron chi connectivity index (χ1n) is 5.88. The van der Waals surface area contributed by atoms with Crippen LogP contribution in [-0.2, 0) is 16.1 Å². The Bertz CT molecular complexity index is 432. The van der Waals surface area contributed by atoms with Gasteiger partial charge in [-0.05, 0) is 23.6 Å². The number of carbonyl (C=O) groups is 1. The van der Waals surface area contributed by atoms with Crippen molar-refractivity contribution in [1.29, 1.82) is 5.26 Å². The van der Waals surface area contributed by atoms with Gasteiger partial charge in [0.2, 0.25) is 0 Å². The molecule has 0 spiro atoms. The predicted molar refractivity (Wildman–Crippen MR) is 68.6 cm³/mol. The molecule has 0 aliphatic carbocycles. The van der Waals surface area contributed by atoms with Crippen LogP contribution in [0.2, 0.25) is 0 Å². The quantitative estimate of drug-likeness (QED) is 0.805. The van der Waals surface area contributed by atoms with Crippen LogP contribution >= 0.6 is 0 Å². The monoisotopic (exact) mass is 246 g/mol. The molecule has 1 aromatic rings. The largest absolute Gasteiger partial charge is 0.468 e. The second kappa shape index (κ2) is 6.77. The lowest BCUT2D eigenvalue weighted by Crippen LogP contribution is -2.41. The lowest BCUT2D eigenvalue weighted by atomic mass is 10.0. The van der Waals surface area contributed by atoms with Gasteiger partial charge in [0, 0.05) is 6.54 Å². The third-order valence-electron chi connectivity index (χ3n) is 2.73. The van der Waals surface area contributed by atoms with Gasteiger partial charge in [0.05, 0.1) is 18.7 Å². The molecule has 0 fully saturated rings. The molecule has 18 heavy (non-hydrogen) atoms. The molecular weight excluding hydrogens is 228 g/mol. The van der Waals surface area contributed by atoms with Crippen LogP contribution in [0.25, 0.3) is 0 Å². The highest BCUT2D eigenvalue weighted by atomic mass is 16.5. The Labute approximate surface area is 108 Å². The summed E-state index contributed by atoms with van der Waals surface area (Å²) in [5.74, 6) is -0.0884. The summed E-state index contributed by atoms with van der Waals surface area (Å²) in [6, 6.07) is 9.03. The minimum Gasteiger partial charge on any atom is -0.468 e. The number of nitrogens with zero attached hydrogens (tertiary/aromatic N) is 1. The molecule has 0 saturated heterocycles. The van der Waals surface area contributed by atoms with E-state index in [1.165, 1.54) is 7.11 Å². The number of nitrogens with one attached hydrogen (secondary N) is 1.